The van der Waals surface area contributed by atoms with Gasteiger partial charge in [0.1, 0.15) is 0 Å². The lowest BCUT2D eigenvalue weighted by molar-refractivity contribution is 1.32. The van der Waals surface area contributed by atoms with Crippen LogP contribution in [0.25, 0.3) is 99.0 Å². The fraction of sp³-hybridized carbons (Fsp3) is 0. The third-order valence-electron chi connectivity index (χ3n) is 10.5. The Balaban J connectivity index is 1.23. The van der Waals surface area contributed by atoms with Crippen LogP contribution in [-0.4, -0.2) is 4.98 Å². The molecule has 0 fully saturated rings. The largest absolute Gasteiger partial charge is 0.248 e. The molecule has 9 aromatic carbocycles. The highest BCUT2D eigenvalue weighted by Crippen LogP contribution is 2.44. The number of fused-ring (bicyclic) bond motifs is 6. The number of hydrogen-bond donors (Lipinski definition) is 0. The molecule has 0 amide bonds. The van der Waals surface area contributed by atoms with Crippen LogP contribution in [0, 0.1) is 0 Å². The first-order valence-electron chi connectivity index (χ1n) is 17.9. The summed E-state index contributed by atoms with van der Waals surface area (Å²) in [5.41, 5.74) is 11.5. The normalized spacial score (nSPS) is 11.5. The zero-order valence-electron chi connectivity index (χ0n) is 28.5. The van der Waals surface area contributed by atoms with Crippen LogP contribution in [0.5, 0.6) is 0 Å². The van der Waals surface area contributed by atoms with Crippen molar-refractivity contribution in [1.82, 2.24) is 4.98 Å². The smallest absolute Gasteiger partial charge is 0.0715 e. The van der Waals surface area contributed by atoms with Crippen molar-refractivity contribution in [3.8, 4) is 55.9 Å². The van der Waals surface area contributed by atoms with Gasteiger partial charge in [-0.05, 0) is 101 Å². The van der Waals surface area contributed by atoms with Crippen molar-refractivity contribution in [3.63, 3.8) is 0 Å². The highest BCUT2D eigenvalue weighted by Gasteiger charge is 2.18. The maximum atomic E-state index is 5.16. The minimum Gasteiger partial charge on any atom is -0.248 e. The molecule has 10 rings (SSSR count). The van der Waals surface area contributed by atoms with Crippen molar-refractivity contribution in [1.29, 1.82) is 0 Å². The fourth-order valence-corrected chi connectivity index (χ4v) is 8.02. The van der Waals surface area contributed by atoms with Crippen molar-refractivity contribution in [3.05, 3.63) is 200 Å². The summed E-state index contributed by atoms with van der Waals surface area (Å²) >= 11 is 0. The summed E-state index contributed by atoms with van der Waals surface area (Å²) in [5, 5.41) is 10.0. The molecule has 0 atom stereocenters. The highest BCUT2D eigenvalue weighted by atomic mass is 14.7. The third-order valence-corrected chi connectivity index (χ3v) is 10.5. The van der Waals surface area contributed by atoms with Crippen LogP contribution in [0.4, 0.5) is 0 Å². The van der Waals surface area contributed by atoms with Gasteiger partial charge in [-0.15, -0.1) is 0 Å². The lowest BCUT2D eigenvalue weighted by Crippen LogP contribution is -1.93. The van der Waals surface area contributed by atoms with E-state index in [1.807, 2.05) is 0 Å². The van der Waals surface area contributed by atoms with Crippen molar-refractivity contribution in [2.24, 2.45) is 0 Å². The van der Waals surface area contributed by atoms with Crippen LogP contribution in [0.15, 0.2) is 200 Å². The third kappa shape index (κ3) is 5.06. The second-order valence-electron chi connectivity index (χ2n) is 13.5. The van der Waals surface area contributed by atoms with E-state index in [2.05, 4.69) is 200 Å². The van der Waals surface area contributed by atoms with Gasteiger partial charge >= 0.3 is 0 Å². The molecule has 0 unspecified atom stereocenters. The Morgan fingerprint density at radius 3 is 1.10 bits per heavy atom. The minimum absolute atomic E-state index is 0.965. The summed E-state index contributed by atoms with van der Waals surface area (Å²) < 4.78 is 0. The monoisotopic (exact) mass is 659 g/mol. The maximum absolute atomic E-state index is 5.16. The molecule has 0 bridgehead atoms. The van der Waals surface area contributed by atoms with Gasteiger partial charge in [-0.1, -0.05) is 176 Å². The average molecular weight is 660 g/mol. The van der Waals surface area contributed by atoms with Gasteiger partial charge in [0.25, 0.3) is 0 Å². The number of hydrogen-bond acceptors (Lipinski definition) is 1. The SMILES string of the molecule is c1ccc(-c2cc(-c3ccc(-c4cc5c6ccccc6c(-c6ccccc6)cc5c5ccccc45)c4ccccc34)cc(-c3ccccc3)n2)cc1. The Hall–Kier alpha value is -6.83. The fourth-order valence-electron chi connectivity index (χ4n) is 8.02. The Kier molecular flexibility index (Phi) is 7.22. The quantitative estimate of drug-likeness (QED) is 0.168. The lowest BCUT2D eigenvalue weighted by atomic mass is 9.85. The number of nitrogens with zero attached hydrogens (tertiary/aromatic N) is 1. The second-order valence-corrected chi connectivity index (χ2v) is 13.5. The van der Waals surface area contributed by atoms with Crippen LogP contribution in [0.2, 0.25) is 0 Å². The van der Waals surface area contributed by atoms with Gasteiger partial charge in [0.15, 0.2) is 0 Å². The van der Waals surface area contributed by atoms with Crippen LogP contribution in [0.3, 0.4) is 0 Å². The van der Waals surface area contributed by atoms with E-state index in [0.717, 1.165) is 28.1 Å². The molecule has 1 heterocycles. The number of aromatic nitrogens is 1. The molecule has 52 heavy (non-hydrogen) atoms. The van der Waals surface area contributed by atoms with Crippen LogP contribution < -0.4 is 0 Å². The minimum atomic E-state index is 0.965. The molecular formula is C51H33N. The van der Waals surface area contributed by atoms with Gasteiger partial charge in [-0.25, -0.2) is 4.98 Å². The second kappa shape index (κ2) is 12.5. The molecule has 0 N–H and O–H groups in total. The molecule has 1 heteroatoms. The van der Waals surface area contributed by atoms with E-state index >= 15 is 0 Å². The van der Waals surface area contributed by atoms with Gasteiger partial charge in [-0.2, -0.15) is 0 Å². The maximum Gasteiger partial charge on any atom is 0.0715 e. The molecule has 1 nitrogen and oxygen atoms in total. The first-order chi connectivity index (χ1) is 25.8. The summed E-state index contributed by atoms with van der Waals surface area (Å²) in [7, 11) is 0. The zero-order valence-corrected chi connectivity index (χ0v) is 28.5. The van der Waals surface area contributed by atoms with E-state index in [0.29, 0.717) is 0 Å². The summed E-state index contributed by atoms with van der Waals surface area (Å²) in [4.78, 5) is 5.16. The molecule has 0 radical (unpaired) electrons. The lowest BCUT2D eigenvalue weighted by Gasteiger charge is -2.18. The van der Waals surface area contributed by atoms with E-state index in [-0.39, 0.29) is 0 Å². The molecule has 0 aliphatic rings. The number of pyridine rings is 1. The number of benzene rings is 9. The Bertz CT molecular complexity index is 2870. The van der Waals surface area contributed by atoms with Crippen molar-refractivity contribution < 1.29 is 0 Å². The van der Waals surface area contributed by atoms with E-state index in [4.69, 9.17) is 4.98 Å². The summed E-state index contributed by atoms with van der Waals surface area (Å²) in [6.45, 7) is 0. The molecule has 0 saturated carbocycles. The van der Waals surface area contributed by atoms with Crippen molar-refractivity contribution >= 4 is 43.1 Å². The molecule has 242 valence electrons. The van der Waals surface area contributed by atoms with Gasteiger partial charge in [0.05, 0.1) is 11.4 Å². The molecule has 0 saturated heterocycles. The van der Waals surface area contributed by atoms with E-state index in [1.54, 1.807) is 0 Å². The van der Waals surface area contributed by atoms with Gasteiger partial charge in [-0.3, -0.25) is 0 Å². The van der Waals surface area contributed by atoms with E-state index < -0.39 is 0 Å². The molecule has 0 spiro atoms. The van der Waals surface area contributed by atoms with E-state index in [9.17, 15) is 0 Å². The Morgan fingerprint density at radius 2 is 0.577 bits per heavy atom. The first kappa shape index (κ1) is 30.0. The van der Waals surface area contributed by atoms with Crippen LogP contribution in [-0.2, 0) is 0 Å². The topological polar surface area (TPSA) is 12.9 Å². The van der Waals surface area contributed by atoms with Crippen molar-refractivity contribution in [2.75, 3.05) is 0 Å². The summed E-state index contributed by atoms with van der Waals surface area (Å²) in [5.74, 6) is 0. The first-order valence-corrected chi connectivity index (χ1v) is 17.9. The van der Waals surface area contributed by atoms with Crippen LogP contribution in [0.1, 0.15) is 0 Å². The molecule has 1 aromatic heterocycles. The molecule has 0 aliphatic heterocycles. The molecule has 0 aliphatic carbocycles. The predicted molar refractivity (Wildman–Crippen MR) is 221 cm³/mol. The van der Waals surface area contributed by atoms with Gasteiger partial charge < -0.3 is 0 Å². The van der Waals surface area contributed by atoms with Crippen molar-refractivity contribution in [2.45, 2.75) is 0 Å². The van der Waals surface area contributed by atoms with Gasteiger partial charge in [0.2, 0.25) is 0 Å². The zero-order chi connectivity index (χ0) is 34.4. The Labute approximate surface area is 303 Å². The molecule has 10 aromatic rings. The van der Waals surface area contributed by atoms with Crippen LogP contribution >= 0.6 is 0 Å². The Morgan fingerprint density at radius 1 is 0.212 bits per heavy atom. The van der Waals surface area contributed by atoms with Gasteiger partial charge in [0, 0.05) is 11.1 Å². The summed E-state index contributed by atoms with van der Waals surface area (Å²) in [6.07, 6.45) is 0. The standard InChI is InChI=1S/C51H33N/c1-4-16-34(17-5-1)46-32-48-44-27-15-14-26-43(44)47(33-49(48)42-25-13-12-24-41(42)46)45-29-28-38(39-22-10-11-23-40(39)45)37-30-50(35-18-6-2-7-19-35)52-51(31-37)36-20-8-3-9-21-36/h1-33H. The average Bonchev–Trinajstić information content (AvgIpc) is 3.23. The van der Waals surface area contributed by atoms with E-state index in [1.165, 1.54) is 70.9 Å². The summed E-state index contributed by atoms with van der Waals surface area (Å²) in [6, 6.07) is 72.3. The highest BCUT2D eigenvalue weighted by molar-refractivity contribution is 6.25. The predicted octanol–water partition coefficient (Wildman–Crippen LogP) is 14.0. The number of rotatable bonds is 5. The molecular weight excluding hydrogens is 627 g/mol.